The molecule has 0 unspecified atom stereocenters. The first-order valence-electron chi connectivity index (χ1n) is 18.8. The Kier molecular flexibility index (Phi) is 7.36. The molecule has 3 heterocycles. The zero-order valence-corrected chi connectivity index (χ0v) is 30.3. The Bertz CT molecular complexity index is 3070. The molecule has 1 aliphatic carbocycles. The first kappa shape index (κ1) is 31.8. The van der Waals surface area contributed by atoms with Crippen LogP contribution < -0.4 is 0 Å². The van der Waals surface area contributed by atoms with E-state index in [2.05, 4.69) is 190 Å². The fourth-order valence-electron chi connectivity index (χ4n) is 8.21. The van der Waals surface area contributed by atoms with Gasteiger partial charge in [-0.2, -0.15) is 0 Å². The molecular weight excluding hydrogens is 681 g/mol. The van der Waals surface area contributed by atoms with Gasteiger partial charge in [-0.25, -0.2) is 9.97 Å². The second-order valence-electron chi connectivity index (χ2n) is 14.1. The number of rotatable bonds is 6. The summed E-state index contributed by atoms with van der Waals surface area (Å²) in [6.07, 6.45) is 5.80. The van der Waals surface area contributed by atoms with Gasteiger partial charge in [0.25, 0.3) is 0 Å². The molecule has 0 fully saturated rings. The van der Waals surface area contributed by atoms with Crippen molar-refractivity contribution >= 4 is 49.2 Å². The largest absolute Gasteiger partial charge is 0.309 e. The van der Waals surface area contributed by atoms with Crippen molar-refractivity contribution in [2.75, 3.05) is 0 Å². The van der Waals surface area contributed by atoms with Crippen molar-refractivity contribution in [1.82, 2.24) is 19.1 Å². The van der Waals surface area contributed by atoms with E-state index in [1.807, 2.05) is 24.3 Å². The molecule has 4 heteroatoms. The molecule has 11 rings (SSSR count). The maximum absolute atomic E-state index is 5.28. The van der Waals surface area contributed by atoms with Gasteiger partial charge in [-0.15, -0.1) is 0 Å². The SMILES string of the molecule is C1=C=C(c2nc(-c3ccc(-c4ccccc4)cc3)cc(-c3cc(-n4c5ccccc5c5ccccc54)cc(-n4c5ccccc5c5ccccc54)c3)n2)C=CC=1. The lowest BCUT2D eigenvalue weighted by Crippen LogP contribution is -2.02. The van der Waals surface area contributed by atoms with Gasteiger partial charge in [0.2, 0.25) is 0 Å². The molecule has 0 atom stereocenters. The second-order valence-corrected chi connectivity index (χ2v) is 14.1. The third-order valence-electron chi connectivity index (χ3n) is 10.8. The first-order chi connectivity index (χ1) is 27.8. The molecule has 1 aliphatic rings. The van der Waals surface area contributed by atoms with Crippen LogP contribution in [0.15, 0.2) is 206 Å². The quantitative estimate of drug-likeness (QED) is 0.161. The lowest BCUT2D eigenvalue weighted by molar-refractivity contribution is 1.11. The average molecular weight is 713 g/mol. The third-order valence-corrected chi connectivity index (χ3v) is 10.8. The van der Waals surface area contributed by atoms with Gasteiger partial charge in [-0.1, -0.05) is 145 Å². The number of para-hydroxylation sites is 4. The van der Waals surface area contributed by atoms with Crippen LogP contribution in [0.1, 0.15) is 5.82 Å². The molecule has 0 bridgehead atoms. The van der Waals surface area contributed by atoms with Crippen LogP contribution in [0.3, 0.4) is 0 Å². The van der Waals surface area contributed by atoms with E-state index in [4.69, 9.17) is 9.97 Å². The van der Waals surface area contributed by atoms with E-state index < -0.39 is 0 Å². The van der Waals surface area contributed by atoms with Crippen molar-refractivity contribution in [3.63, 3.8) is 0 Å². The molecule has 260 valence electrons. The maximum Gasteiger partial charge on any atom is 0.168 e. The first-order valence-corrected chi connectivity index (χ1v) is 18.8. The second kappa shape index (κ2) is 13.0. The predicted octanol–water partition coefficient (Wildman–Crippen LogP) is 12.9. The van der Waals surface area contributed by atoms with Gasteiger partial charge < -0.3 is 9.13 Å². The van der Waals surface area contributed by atoms with Gasteiger partial charge in [0.05, 0.1) is 39.0 Å². The van der Waals surface area contributed by atoms with Crippen molar-refractivity contribution in [3.05, 3.63) is 211 Å². The monoisotopic (exact) mass is 712 g/mol. The van der Waals surface area contributed by atoms with Gasteiger partial charge in [0.1, 0.15) is 0 Å². The van der Waals surface area contributed by atoms with Crippen LogP contribution in [-0.4, -0.2) is 19.1 Å². The summed E-state index contributed by atoms with van der Waals surface area (Å²) >= 11 is 0. The number of aromatic nitrogens is 4. The number of hydrogen-bond donors (Lipinski definition) is 0. The Hall–Kier alpha value is -7.74. The molecule has 3 aromatic heterocycles. The predicted molar refractivity (Wildman–Crippen MR) is 231 cm³/mol. The summed E-state index contributed by atoms with van der Waals surface area (Å²) in [6, 6.07) is 62.7. The average Bonchev–Trinajstić information content (AvgIpc) is 3.80. The van der Waals surface area contributed by atoms with E-state index in [1.165, 1.54) is 27.1 Å². The van der Waals surface area contributed by atoms with E-state index in [9.17, 15) is 0 Å². The van der Waals surface area contributed by atoms with E-state index in [0.717, 1.165) is 67.1 Å². The molecule has 0 spiro atoms. The Morgan fingerprint density at radius 2 is 0.839 bits per heavy atom. The Morgan fingerprint density at radius 1 is 0.393 bits per heavy atom. The summed E-state index contributed by atoms with van der Waals surface area (Å²) in [4.78, 5) is 10.4. The van der Waals surface area contributed by atoms with E-state index in [-0.39, 0.29) is 0 Å². The van der Waals surface area contributed by atoms with Crippen LogP contribution in [0.25, 0.3) is 94.2 Å². The zero-order valence-electron chi connectivity index (χ0n) is 30.3. The Morgan fingerprint density at radius 3 is 1.34 bits per heavy atom. The molecule has 0 N–H and O–H groups in total. The Labute approximate surface area is 323 Å². The van der Waals surface area contributed by atoms with Crippen molar-refractivity contribution < 1.29 is 0 Å². The summed E-state index contributed by atoms with van der Waals surface area (Å²) in [6.45, 7) is 0. The minimum atomic E-state index is 0.599. The lowest BCUT2D eigenvalue weighted by atomic mass is 10.0. The maximum atomic E-state index is 5.28. The van der Waals surface area contributed by atoms with E-state index in [1.54, 1.807) is 0 Å². The molecule has 0 amide bonds. The number of allylic oxidation sites excluding steroid dienone is 4. The summed E-state index contributed by atoms with van der Waals surface area (Å²) in [7, 11) is 0. The van der Waals surface area contributed by atoms with Gasteiger partial charge in [-0.3, -0.25) is 0 Å². The number of benzene rings is 7. The third kappa shape index (κ3) is 5.26. The van der Waals surface area contributed by atoms with Crippen LogP contribution >= 0.6 is 0 Å². The van der Waals surface area contributed by atoms with Crippen molar-refractivity contribution in [2.45, 2.75) is 0 Å². The van der Waals surface area contributed by atoms with Crippen LogP contribution in [-0.2, 0) is 0 Å². The highest BCUT2D eigenvalue weighted by molar-refractivity contribution is 6.10. The summed E-state index contributed by atoms with van der Waals surface area (Å²) in [5.74, 6) is 0.599. The molecular formula is C52H32N4. The molecule has 56 heavy (non-hydrogen) atoms. The van der Waals surface area contributed by atoms with Crippen LogP contribution in [0.4, 0.5) is 0 Å². The molecule has 0 aliphatic heterocycles. The molecule has 7 aromatic carbocycles. The number of hydrogen-bond acceptors (Lipinski definition) is 2. The minimum Gasteiger partial charge on any atom is -0.309 e. The summed E-state index contributed by atoms with van der Waals surface area (Å²) in [5, 5.41) is 4.86. The standard InChI is InChI=1S/C52H32N4/c1-3-15-35(16-4-1)36-27-29-37(30-28-36)46-34-47(54-52(53-46)38-17-5-2-6-18-38)39-31-40(55-48-23-11-7-19-42(48)43-20-8-12-24-49(43)55)33-41(32-39)56-50-25-13-9-21-44(50)45-22-10-14-26-51(45)56/h1-5,7-17,19-34H. The van der Waals surface area contributed by atoms with Gasteiger partial charge in [0.15, 0.2) is 5.82 Å². The fraction of sp³-hybridized carbons (Fsp3) is 0. The number of nitrogens with zero attached hydrogens (tertiary/aromatic N) is 4. The van der Waals surface area contributed by atoms with Crippen molar-refractivity contribution in [2.24, 2.45) is 0 Å². The molecule has 10 aromatic rings. The summed E-state index contributed by atoms with van der Waals surface area (Å²) < 4.78 is 4.77. The van der Waals surface area contributed by atoms with Crippen molar-refractivity contribution in [3.8, 4) is 45.0 Å². The molecule has 0 radical (unpaired) electrons. The van der Waals surface area contributed by atoms with E-state index >= 15 is 0 Å². The Balaban J connectivity index is 1.19. The van der Waals surface area contributed by atoms with E-state index in [0.29, 0.717) is 5.82 Å². The minimum absolute atomic E-state index is 0.599. The van der Waals surface area contributed by atoms with Crippen molar-refractivity contribution in [1.29, 1.82) is 0 Å². The normalized spacial score (nSPS) is 12.3. The zero-order chi connectivity index (χ0) is 37.0. The van der Waals surface area contributed by atoms with Crippen LogP contribution in [0.5, 0.6) is 0 Å². The molecule has 0 saturated carbocycles. The molecule has 0 saturated heterocycles. The topological polar surface area (TPSA) is 35.6 Å². The number of fused-ring (bicyclic) bond motifs is 6. The van der Waals surface area contributed by atoms with Gasteiger partial charge in [0, 0.05) is 44.0 Å². The highest BCUT2D eigenvalue weighted by Gasteiger charge is 2.19. The smallest absolute Gasteiger partial charge is 0.168 e. The highest BCUT2D eigenvalue weighted by Crippen LogP contribution is 2.38. The lowest BCUT2D eigenvalue weighted by Gasteiger charge is -2.16. The van der Waals surface area contributed by atoms with Crippen LogP contribution in [0.2, 0.25) is 0 Å². The fourth-order valence-corrected chi connectivity index (χ4v) is 8.21. The van der Waals surface area contributed by atoms with Gasteiger partial charge >= 0.3 is 0 Å². The van der Waals surface area contributed by atoms with Crippen LogP contribution in [0, 0.1) is 0 Å². The summed E-state index contributed by atoms with van der Waals surface area (Å²) in [5.41, 5.74) is 19.8. The highest BCUT2D eigenvalue weighted by atomic mass is 15.0. The molecule has 4 nitrogen and oxygen atoms in total. The van der Waals surface area contributed by atoms with Gasteiger partial charge in [-0.05, 0) is 71.8 Å².